The molecule has 3 rings (SSSR count). The molecule has 2 aromatic carbocycles. The van der Waals surface area contributed by atoms with Crippen molar-refractivity contribution in [2.75, 3.05) is 18.2 Å². The van der Waals surface area contributed by atoms with Gasteiger partial charge in [-0.15, -0.1) is 0 Å². The van der Waals surface area contributed by atoms with Gasteiger partial charge in [0.1, 0.15) is 0 Å². The van der Waals surface area contributed by atoms with Crippen LogP contribution in [0.15, 0.2) is 57.6 Å². The van der Waals surface area contributed by atoms with Crippen molar-refractivity contribution >= 4 is 45.2 Å². The third kappa shape index (κ3) is 4.83. The fraction of sp³-hybridized carbons (Fsp3) is 0.190. The number of ether oxygens (including phenoxy) is 2. The van der Waals surface area contributed by atoms with Gasteiger partial charge in [-0.2, -0.15) is 10.1 Å². The molecule has 0 saturated heterocycles. The van der Waals surface area contributed by atoms with Crippen molar-refractivity contribution in [1.29, 1.82) is 0 Å². The Morgan fingerprint density at radius 3 is 2.55 bits per heavy atom. The zero-order valence-corrected chi connectivity index (χ0v) is 17.6. The molecule has 29 heavy (non-hydrogen) atoms. The Morgan fingerprint density at radius 1 is 1.17 bits per heavy atom. The van der Waals surface area contributed by atoms with Crippen LogP contribution in [0.4, 0.5) is 5.69 Å². The number of amides is 2. The summed E-state index contributed by atoms with van der Waals surface area (Å²) in [6, 6.07) is 12.5. The van der Waals surface area contributed by atoms with E-state index in [0.29, 0.717) is 35.1 Å². The van der Waals surface area contributed by atoms with E-state index in [0.717, 1.165) is 10.0 Å². The Labute approximate surface area is 176 Å². The summed E-state index contributed by atoms with van der Waals surface area (Å²) in [6.07, 6.45) is 1.75. The number of hydrazone groups is 1. The third-order valence-electron chi connectivity index (χ3n) is 4.08. The van der Waals surface area contributed by atoms with Gasteiger partial charge in [0.15, 0.2) is 18.1 Å². The molecule has 0 aliphatic carbocycles. The van der Waals surface area contributed by atoms with Crippen LogP contribution in [-0.2, 0) is 9.59 Å². The highest BCUT2D eigenvalue weighted by atomic mass is 79.9. The van der Waals surface area contributed by atoms with Crippen LogP contribution in [0.3, 0.4) is 0 Å². The maximum absolute atomic E-state index is 12.9. The molecule has 0 atom stereocenters. The van der Waals surface area contributed by atoms with Gasteiger partial charge in [-0.05, 0) is 61.9 Å². The van der Waals surface area contributed by atoms with Crippen molar-refractivity contribution in [3.05, 3.63) is 58.1 Å². The Morgan fingerprint density at radius 2 is 1.90 bits per heavy atom. The first-order valence-corrected chi connectivity index (χ1v) is 9.73. The first kappa shape index (κ1) is 20.6. The molecule has 0 bridgehead atoms. The molecule has 1 aliphatic rings. The molecule has 0 aromatic heterocycles. The molecule has 1 heterocycles. The number of hydrogen-bond donors (Lipinski definition) is 1. The van der Waals surface area contributed by atoms with Gasteiger partial charge in [-0.25, -0.2) is 0 Å². The van der Waals surface area contributed by atoms with Crippen molar-refractivity contribution in [2.24, 2.45) is 10.8 Å². The molecule has 7 nitrogen and oxygen atoms in total. The summed E-state index contributed by atoms with van der Waals surface area (Å²) >= 11 is 3.38. The predicted octanol–water partition coefficient (Wildman–Crippen LogP) is 3.52. The summed E-state index contributed by atoms with van der Waals surface area (Å²) < 4.78 is 11.9. The molecule has 0 fully saturated rings. The molecule has 150 valence electrons. The second-order valence-corrected chi connectivity index (χ2v) is 7.15. The summed E-state index contributed by atoms with van der Waals surface area (Å²) in [5.74, 6) is 0.0900. The van der Waals surface area contributed by atoms with Crippen LogP contribution in [0, 0.1) is 0 Å². The number of nitrogens with zero attached hydrogens (tertiary/aromatic N) is 2. The van der Waals surface area contributed by atoms with Crippen LogP contribution in [0.2, 0.25) is 0 Å². The summed E-state index contributed by atoms with van der Waals surface area (Å²) in [7, 11) is 0. The Hall–Kier alpha value is -3.13. The zero-order chi connectivity index (χ0) is 21.0. The molecular formula is C21H20BrN3O4. The molecule has 0 unspecified atom stereocenters. The monoisotopic (exact) mass is 457 g/mol. The van der Waals surface area contributed by atoms with Crippen molar-refractivity contribution in [3.8, 4) is 11.5 Å². The summed E-state index contributed by atoms with van der Waals surface area (Å²) in [5, 5.41) is 5.76. The first-order valence-electron chi connectivity index (χ1n) is 8.94. The number of rotatable bonds is 7. The predicted molar refractivity (Wildman–Crippen MR) is 115 cm³/mol. The summed E-state index contributed by atoms with van der Waals surface area (Å²) in [6.45, 7) is 3.81. The third-order valence-corrected chi connectivity index (χ3v) is 4.61. The molecule has 2 aromatic rings. The minimum atomic E-state index is -0.574. The van der Waals surface area contributed by atoms with E-state index in [9.17, 15) is 9.59 Å². The SMILES string of the molecule is CCOc1cc(C=C2C(=O)N(c3ccc(Br)cc3)N=C2C)ccc1OCC(N)=O. The maximum Gasteiger partial charge on any atom is 0.280 e. The number of anilines is 1. The van der Waals surface area contributed by atoms with Crippen LogP contribution in [0.25, 0.3) is 6.08 Å². The Balaban J connectivity index is 1.88. The largest absolute Gasteiger partial charge is 0.490 e. The number of hydrogen-bond acceptors (Lipinski definition) is 5. The zero-order valence-electron chi connectivity index (χ0n) is 16.0. The van der Waals surface area contributed by atoms with Gasteiger partial charge in [-0.3, -0.25) is 9.59 Å². The Kier molecular flexibility index (Phi) is 6.33. The molecule has 0 radical (unpaired) electrons. The van der Waals surface area contributed by atoms with Crippen molar-refractivity contribution in [3.63, 3.8) is 0 Å². The Bertz CT molecular complexity index is 999. The second-order valence-electron chi connectivity index (χ2n) is 6.23. The van der Waals surface area contributed by atoms with E-state index >= 15 is 0 Å². The molecule has 1 aliphatic heterocycles. The molecular weight excluding hydrogens is 438 g/mol. The minimum Gasteiger partial charge on any atom is -0.490 e. The van der Waals surface area contributed by atoms with Gasteiger partial charge in [0.2, 0.25) is 0 Å². The summed E-state index contributed by atoms with van der Waals surface area (Å²) in [4.78, 5) is 23.9. The van der Waals surface area contributed by atoms with E-state index in [-0.39, 0.29) is 12.5 Å². The van der Waals surface area contributed by atoms with Crippen LogP contribution in [0.1, 0.15) is 19.4 Å². The highest BCUT2D eigenvalue weighted by Crippen LogP contribution is 2.31. The lowest BCUT2D eigenvalue weighted by Crippen LogP contribution is -2.21. The molecule has 0 spiro atoms. The number of carbonyl (C=O) groups is 2. The van der Waals surface area contributed by atoms with Gasteiger partial charge in [0.05, 0.1) is 23.6 Å². The van der Waals surface area contributed by atoms with Crippen LogP contribution < -0.4 is 20.2 Å². The lowest BCUT2D eigenvalue weighted by atomic mass is 10.1. The van der Waals surface area contributed by atoms with E-state index < -0.39 is 5.91 Å². The average Bonchev–Trinajstić information content (AvgIpc) is 2.96. The van der Waals surface area contributed by atoms with Gasteiger partial charge in [0, 0.05) is 4.47 Å². The lowest BCUT2D eigenvalue weighted by Gasteiger charge is -2.12. The number of primary amides is 1. The first-order chi connectivity index (χ1) is 13.9. The number of halogens is 1. The highest BCUT2D eigenvalue weighted by molar-refractivity contribution is 9.10. The fourth-order valence-corrected chi connectivity index (χ4v) is 3.02. The van der Waals surface area contributed by atoms with E-state index in [4.69, 9.17) is 15.2 Å². The fourth-order valence-electron chi connectivity index (χ4n) is 2.76. The topological polar surface area (TPSA) is 94.2 Å². The lowest BCUT2D eigenvalue weighted by molar-refractivity contribution is -0.120. The van der Waals surface area contributed by atoms with Crippen LogP contribution in [0.5, 0.6) is 11.5 Å². The van der Waals surface area contributed by atoms with Crippen molar-refractivity contribution in [1.82, 2.24) is 0 Å². The molecule has 2 amide bonds. The van der Waals surface area contributed by atoms with Gasteiger partial charge >= 0.3 is 0 Å². The van der Waals surface area contributed by atoms with E-state index in [1.54, 1.807) is 31.2 Å². The summed E-state index contributed by atoms with van der Waals surface area (Å²) in [5.41, 5.74) is 7.67. The van der Waals surface area contributed by atoms with Crippen molar-refractivity contribution in [2.45, 2.75) is 13.8 Å². The average molecular weight is 458 g/mol. The van der Waals surface area contributed by atoms with Gasteiger partial charge < -0.3 is 15.2 Å². The number of benzene rings is 2. The molecule has 0 saturated carbocycles. The maximum atomic E-state index is 12.9. The minimum absolute atomic E-state index is 0.211. The molecule has 2 N–H and O–H groups in total. The normalized spacial score (nSPS) is 14.9. The van der Waals surface area contributed by atoms with E-state index in [1.807, 2.05) is 31.2 Å². The van der Waals surface area contributed by atoms with Crippen LogP contribution in [-0.4, -0.2) is 30.7 Å². The number of carbonyl (C=O) groups excluding carboxylic acids is 2. The number of nitrogens with two attached hydrogens (primary N) is 1. The van der Waals surface area contributed by atoms with Crippen LogP contribution >= 0.6 is 15.9 Å². The quantitative estimate of drug-likeness (QED) is 0.643. The standard InChI is InChI=1S/C21H20BrN3O4/c1-3-28-19-11-14(4-9-18(19)29-12-20(23)26)10-17-13(2)24-25(21(17)27)16-7-5-15(22)6-8-16/h4-11H,3,12H2,1-2H3,(H2,23,26). The molecule has 8 heteroatoms. The van der Waals surface area contributed by atoms with Gasteiger partial charge in [0.25, 0.3) is 11.8 Å². The van der Waals surface area contributed by atoms with Crippen molar-refractivity contribution < 1.29 is 19.1 Å². The highest BCUT2D eigenvalue weighted by Gasteiger charge is 2.28. The van der Waals surface area contributed by atoms with E-state index in [1.165, 1.54) is 5.01 Å². The smallest absolute Gasteiger partial charge is 0.280 e. The van der Waals surface area contributed by atoms with Gasteiger partial charge in [-0.1, -0.05) is 22.0 Å². The second kappa shape index (κ2) is 8.91. The van der Waals surface area contributed by atoms with E-state index in [2.05, 4.69) is 21.0 Å².